The number of nitrogens with one attached hydrogen (secondary N) is 2. The van der Waals surface area contributed by atoms with Gasteiger partial charge in [-0.3, -0.25) is 9.00 Å². The highest BCUT2D eigenvalue weighted by atomic mass is 32.2. The molecule has 3 N–H and O–H groups in total. The van der Waals surface area contributed by atoms with Crippen molar-refractivity contribution in [3.63, 3.8) is 0 Å². The number of rotatable bonds is 6. The van der Waals surface area contributed by atoms with Crippen molar-refractivity contribution in [1.82, 2.24) is 9.71 Å². The van der Waals surface area contributed by atoms with Crippen molar-refractivity contribution >= 4 is 43.6 Å². The van der Waals surface area contributed by atoms with Crippen molar-refractivity contribution in [1.29, 1.82) is 0 Å². The van der Waals surface area contributed by atoms with Gasteiger partial charge in [0.1, 0.15) is 4.70 Å². The molecule has 0 amide bonds. The topological polar surface area (TPSA) is 105 Å². The largest absolute Gasteiger partial charge is 0.760 e. The lowest BCUT2D eigenvalue weighted by atomic mass is 9.90. The molecule has 4 rings (SSSR count). The second-order valence-corrected chi connectivity index (χ2v) is 9.03. The lowest BCUT2D eigenvalue weighted by Crippen LogP contribution is -2.21. The number of fused-ring (bicyclic) bond motifs is 3. The Morgan fingerprint density at radius 3 is 2.67 bits per heavy atom. The van der Waals surface area contributed by atoms with Crippen LogP contribution in [0.2, 0.25) is 0 Å². The number of aromatic amines is 1. The van der Waals surface area contributed by atoms with Gasteiger partial charge in [0.25, 0.3) is 5.56 Å². The average Bonchev–Trinajstić information content (AvgIpc) is 3.23. The Morgan fingerprint density at radius 2 is 2.00 bits per heavy atom. The third-order valence-corrected chi connectivity index (χ3v) is 6.75. The molecule has 0 aliphatic rings. The van der Waals surface area contributed by atoms with Gasteiger partial charge in [0.05, 0.1) is 12.1 Å². The first kappa shape index (κ1) is 20.9. The lowest BCUT2D eigenvalue weighted by Gasteiger charge is -2.17. The van der Waals surface area contributed by atoms with E-state index in [-0.39, 0.29) is 18.1 Å². The standard InChI is InChI=1S/C22H22N2O4S2/c1-12-9-16(11-25)18(19-17-7-8-29-21(17)22(26)24-20(12)19)15-5-3-14(4-6-15)13(2)10-23-30(27)28/h3-9,13,23,25H,10-11H2,1-2H3,(H,24,26)(H,27,28)/p-1. The van der Waals surface area contributed by atoms with Crippen molar-refractivity contribution in [2.24, 2.45) is 0 Å². The van der Waals surface area contributed by atoms with E-state index in [1.165, 1.54) is 11.3 Å². The van der Waals surface area contributed by atoms with E-state index in [4.69, 9.17) is 0 Å². The van der Waals surface area contributed by atoms with Gasteiger partial charge in [0.2, 0.25) is 0 Å². The number of H-pyrrole nitrogens is 1. The summed E-state index contributed by atoms with van der Waals surface area (Å²) in [5.41, 5.74) is 5.21. The summed E-state index contributed by atoms with van der Waals surface area (Å²) >= 11 is -0.881. The molecule has 0 saturated carbocycles. The number of hydrogen-bond acceptors (Lipinski definition) is 5. The summed E-state index contributed by atoms with van der Waals surface area (Å²) < 4.78 is 24.6. The van der Waals surface area contributed by atoms with Crippen molar-refractivity contribution < 1.29 is 13.9 Å². The lowest BCUT2D eigenvalue weighted by molar-refractivity contribution is 0.282. The first-order valence-electron chi connectivity index (χ1n) is 9.50. The van der Waals surface area contributed by atoms with Crippen LogP contribution in [0.3, 0.4) is 0 Å². The van der Waals surface area contributed by atoms with Crippen molar-refractivity contribution in [3.05, 3.63) is 68.8 Å². The Morgan fingerprint density at radius 1 is 1.27 bits per heavy atom. The maximum absolute atomic E-state index is 12.5. The highest BCUT2D eigenvalue weighted by Crippen LogP contribution is 2.38. The van der Waals surface area contributed by atoms with E-state index < -0.39 is 11.3 Å². The van der Waals surface area contributed by atoms with Gasteiger partial charge in [-0.05, 0) is 52.1 Å². The average molecular weight is 442 g/mol. The molecule has 0 bridgehead atoms. The predicted molar refractivity (Wildman–Crippen MR) is 121 cm³/mol. The van der Waals surface area contributed by atoms with Gasteiger partial charge in [0, 0.05) is 28.6 Å². The van der Waals surface area contributed by atoms with E-state index in [0.717, 1.165) is 44.1 Å². The molecule has 2 aromatic carbocycles. The SMILES string of the molecule is Cc1cc(CO)c(-c2ccc(C(C)CNS(=O)[O-])cc2)c2c1[nH]c(=O)c1sccc12. The number of hydrogen-bond donors (Lipinski definition) is 3. The summed E-state index contributed by atoms with van der Waals surface area (Å²) in [7, 11) is 0. The quantitative estimate of drug-likeness (QED) is 0.397. The third-order valence-electron chi connectivity index (χ3n) is 5.43. The fourth-order valence-electron chi connectivity index (χ4n) is 3.91. The first-order valence-corrected chi connectivity index (χ1v) is 11.5. The van der Waals surface area contributed by atoms with E-state index in [1.54, 1.807) is 0 Å². The number of aliphatic hydroxyl groups is 1. The molecular weight excluding hydrogens is 420 g/mol. The molecule has 0 radical (unpaired) electrons. The molecule has 0 fully saturated rings. The number of pyridine rings is 1. The van der Waals surface area contributed by atoms with Crippen molar-refractivity contribution in [2.45, 2.75) is 26.4 Å². The predicted octanol–water partition coefficient (Wildman–Crippen LogP) is 3.70. The third kappa shape index (κ3) is 3.73. The molecule has 0 saturated heterocycles. The smallest absolute Gasteiger partial charge is 0.266 e. The van der Waals surface area contributed by atoms with Crippen LogP contribution in [-0.2, 0) is 17.9 Å². The van der Waals surface area contributed by atoms with Crippen molar-refractivity contribution in [2.75, 3.05) is 6.54 Å². The summed E-state index contributed by atoms with van der Waals surface area (Å²) in [6, 6.07) is 11.8. The van der Waals surface area contributed by atoms with Gasteiger partial charge < -0.3 is 14.6 Å². The maximum Gasteiger partial charge on any atom is 0.266 e. The van der Waals surface area contributed by atoms with Crippen LogP contribution in [0.25, 0.3) is 32.1 Å². The summed E-state index contributed by atoms with van der Waals surface area (Å²) in [6.45, 7) is 4.09. The summed E-state index contributed by atoms with van der Waals surface area (Å²) in [6.07, 6.45) is 0. The Hall–Kier alpha value is -2.36. The van der Waals surface area contributed by atoms with Crippen LogP contribution in [0.4, 0.5) is 0 Å². The Bertz CT molecular complexity index is 1310. The van der Waals surface area contributed by atoms with Crippen LogP contribution >= 0.6 is 11.3 Å². The van der Waals surface area contributed by atoms with Gasteiger partial charge in [-0.1, -0.05) is 37.3 Å². The molecule has 4 aromatic rings. The number of aromatic nitrogens is 1. The van der Waals surface area contributed by atoms with Crippen molar-refractivity contribution in [3.8, 4) is 11.1 Å². The molecule has 6 nitrogen and oxygen atoms in total. The second kappa shape index (κ2) is 8.41. The normalized spacial score (nSPS) is 13.7. The molecule has 0 aliphatic carbocycles. The minimum atomic E-state index is -2.28. The first-order chi connectivity index (χ1) is 14.4. The maximum atomic E-state index is 12.5. The molecule has 8 heteroatoms. The van der Waals surface area contributed by atoms with Crippen LogP contribution in [0.5, 0.6) is 0 Å². The Labute approximate surface area is 180 Å². The minimum Gasteiger partial charge on any atom is -0.760 e. The molecule has 156 valence electrons. The molecule has 0 aliphatic heterocycles. The highest BCUT2D eigenvalue weighted by molar-refractivity contribution is 7.77. The van der Waals surface area contributed by atoms with Gasteiger partial charge in [-0.2, -0.15) is 0 Å². The number of benzene rings is 2. The van der Waals surface area contributed by atoms with Gasteiger partial charge in [0.15, 0.2) is 0 Å². The van der Waals surface area contributed by atoms with E-state index in [1.807, 2.05) is 55.6 Å². The van der Waals surface area contributed by atoms with Crippen LogP contribution in [0.15, 0.2) is 46.6 Å². The molecular formula is C22H21N2O4S2-. The molecule has 2 aromatic heterocycles. The minimum absolute atomic E-state index is 0.0176. The Balaban J connectivity index is 1.90. The second-order valence-electron chi connectivity index (χ2n) is 7.36. The van der Waals surface area contributed by atoms with E-state index in [9.17, 15) is 18.7 Å². The number of thiophene rings is 1. The highest BCUT2D eigenvalue weighted by Gasteiger charge is 2.17. The summed E-state index contributed by atoms with van der Waals surface area (Å²) in [4.78, 5) is 15.5. The van der Waals surface area contributed by atoms with Gasteiger partial charge in [-0.25, -0.2) is 4.72 Å². The molecule has 0 spiro atoms. The molecule has 2 heterocycles. The molecule has 2 unspecified atom stereocenters. The van der Waals surface area contributed by atoms with Crippen LogP contribution in [-0.4, -0.2) is 25.4 Å². The number of aliphatic hydroxyl groups excluding tert-OH is 1. The molecule has 30 heavy (non-hydrogen) atoms. The fraction of sp³-hybridized carbons (Fsp3) is 0.227. The summed E-state index contributed by atoms with van der Waals surface area (Å²) in [5, 5.41) is 13.8. The Kier molecular flexibility index (Phi) is 5.86. The van der Waals surface area contributed by atoms with E-state index in [0.29, 0.717) is 11.2 Å². The number of aryl methyl sites for hydroxylation is 1. The molecule has 2 atom stereocenters. The monoisotopic (exact) mass is 441 g/mol. The zero-order valence-corrected chi connectivity index (χ0v) is 18.2. The zero-order valence-electron chi connectivity index (χ0n) is 16.5. The summed E-state index contributed by atoms with van der Waals surface area (Å²) in [5.74, 6) is 0.0176. The fourth-order valence-corrected chi connectivity index (χ4v) is 5.10. The van der Waals surface area contributed by atoms with Gasteiger partial charge in [-0.15, -0.1) is 11.3 Å². The van der Waals surface area contributed by atoms with E-state index >= 15 is 0 Å². The van der Waals surface area contributed by atoms with Crippen LogP contribution in [0, 0.1) is 6.92 Å². The van der Waals surface area contributed by atoms with Crippen LogP contribution in [0.1, 0.15) is 29.5 Å². The van der Waals surface area contributed by atoms with Crippen LogP contribution < -0.4 is 10.3 Å². The van der Waals surface area contributed by atoms with E-state index in [2.05, 4.69) is 9.71 Å². The van der Waals surface area contributed by atoms with Gasteiger partial charge >= 0.3 is 0 Å². The zero-order chi connectivity index (χ0) is 21.4.